The molecule has 1 atom stereocenters. The summed E-state index contributed by atoms with van der Waals surface area (Å²) in [6, 6.07) is 30.4. The van der Waals surface area contributed by atoms with Crippen molar-refractivity contribution in [2.24, 2.45) is 5.92 Å². The summed E-state index contributed by atoms with van der Waals surface area (Å²) in [5, 5.41) is 3.87. The van der Waals surface area contributed by atoms with Crippen LogP contribution in [0.5, 0.6) is 5.75 Å². The number of para-hydroxylation sites is 1. The van der Waals surface area contributed by atoms with E-state index in [0.717, 1.165) is 24.1 Å². The molecule has 8 heteroatoms. The van der Waals surface area contributed by atoms with Gasteiger partial charge in [0.15, 0.2) is 5.78 Å². The van der Waals surface area contributed by atoms with Gasteiger partial charge >= 0.3 is 5.97 Å². The highest BCUT2D eigenvalue weighted by molar-refractivity contribution is 6.30. The van der Waals surface area contributed by atoms with Crippen molar-refractivity contribution in [3.05, 3.63) is 125 Å². The van der Waals surface area contributed by atoms with Crippen LogP contribution in [0.2, 0.25) is 5.02 Å². The summed E-state index contributed by atoms with van der Waals surface area (Å²) in [7, 11) is 1.35. The second-order valence-electron chi connectivity index (χ2n) is 10.8. The fourth-order valence-electron chi connectivity index (χ4n) is 4.98. The van der Waals surface area contributed by atoms with Gasteiger partial charge in [-0.2, -0.15) is 0 Å². The summed E-state index contributed by atoms with van der Waals surface area (Å²) in [6.07, 6.45) is 2.89. The summed E-state index contributed by atoms with van der Waals surface area (Å²) in [5.74, 6) is 0.393. The van der Waals surface area contributed by atoms with E-state index in [-0.39, 0.29) is 17.6 Å². The lowest BCUT2D eigenvalue weighted by Crippen LogP contribution is -2.33. The molecule has 0 bridgehead atoms. The molecular weight excluding hydrogens is 576 g/mol. The van der Waals surface area contributed by atoms with Gasteiger partial charge in [0.2, 0.25) is 5.91 Å². The van der Waals surface area contributed by atoms with Crippen LogP contribution < -0.4 is 15.0 Å². The summed E-state index contributed by atoms with van der Waals surface area (Å²) in [5.41, 5.74) is 3.35. The third kappa shape index (κ3) is 8.05. The third-order valence-electron chi connectivity index (χ3n) is 7.51. The second kappa shape index (κ2) is 14.7. The van der Waals surface area contributed by atoms with E-state index in [2.05, 4.69) is 5.32 Å². The second-order valence-corrected chi connectivity index (χ2v) is 11.2. The number of carbonyl (C=O) groups is 3. The number of ether oxygens (including phenoxy) is 2. The van der Waals surface area contributed by atoms with E-state index >= 15 is 0 Å². The zero-order valence-electron chi connectivity index (χ0n) is 24.6. The molecule has 1 aliphatic carbocycles. The van der Waals surface area contributed by atoms with Gasteiger partial charge in [0.1, 0.15) is 11.8 Å². The van der Waals surface area contributed by atoms with Gasteiger partial charge in [-0.15, -0.1) is 0 Å². The molecule has 0 saturated heterocycles. The lowest BCUT2D eigenvalue weighted by Gasteiger charge is -2.23. The molecule has 0 aliphatic heterocycles. The Hall–Kier alpha value is -4.62. The molecule has 1 saturated carbocycles. The quantitative estimate of drug-likeness (QED) is 0.0942. The van der Waals surface area contributed by atoms with E-state index in [0.29, 0.717) is 53.6 Å². The van der Waals surface area contributed by atoms with Gasteiger partial charge < -0.3 is 19.7 Å². The molecule has 0 unspecified atom stereocenters. The number of carbonyl (C=O) groups excluding carboxylic acids is 3. The maximum atomic E-state index is 13.2. The van der Waals surface area contributed by atoms with E-state index in [4.69, 9.17) is 21.1 Å². The van der Waals surface area contributed by atoms with Crippen molar-refractivity contribution >= 4 is 40.6 Å². The number of nitrogens with one attached hydrogen (secondary N) is 1. The molecule has 1 fully saturated rings. The molecule has 1 N–H and O–H groups in total. The number of anilines is 2. The van der Waals surface area contributed by atoms with Crippen LogP contribution >= 0.6 is 11.6 Å². The molecule has 0 heterocycles. The van der Waals surface area contributed by atoms with Crippen LogP contribution in [0.15, 0.2) is 103 Å². The molecule has 1 aliphatic rings. The predicted molar refractivity (Wildman–Crippen MR) is 173 cm³/mol. The van der Waals surface area contributed by atoms with Gasteiger partial charge in [-0.25, -0.2) is 4.79 Å². The molecule has 226 valence electrons. The summed E-state index contributed by atoms with van der Waals surface area (Å²) >= 11 is 6.04. The largest absolute Gasteiger partial charge is 0.494 e. The average molecular weight is 611 g/mol. The number of nitrogens with zero attached hydrogens (tertiary/aromatic N) is 1. The highest BCUT2D eigenvalue weighted by atomic mass is 35.5. The minimum absolute atomic E-state index is 0.111. The topological polar surface area (TPSA) is 84.9 Å². The van der Waals surface area contributed by atoms with E-state index < -0.39 is 12.0 Å². The van der Waals surface area contributed by atoms with Gasteiger partial charge in [-0.1, -0.05) is 66.2 Å². The maximum absolute atomic E-state index is 13.2. The first-order valence-electron chi connectivity index (χ1n) is 14.7. The monoisotopic (exact) mass is 610 g/mol. The normalized spacial score (nSPS) is 13.0. The number of rotatable bonds is 14. The molecule has 4 aromatic rings. The van der Waals surface area contributed by atoms with Gasteiger partial charge in [-0.05, 0) is 73.4 Å². The maximum Gasteiger partial charge on any atom is 0.328 e. The summed E-state index contributed by atoms with van der Waals surface area (Å²) in [4.78, 5) is 40.6. The molecular formula is C36H35ClN2O5. The molecule has 5 rings (SSSR count). The lowest BCUT2D eigenvalue weighted by atomic mass is 10.00. The molecule has 0 radical (unpaired) electrons. The fourth-order valence-corrected chi connectivity index (χ4v) is 5.11. The summed E-state index contributed by atoms with van der Waals surface area (Å²) < 4.78 is 11.0. The zero-order valence-corrected chi connectivity index (χ0v) is 25.3. The van der Waals surface area contributed by atoms with Crippen LogP contribution in [0.3, 0.4) is 0 Å². The van der Waals surface area contributed by atoms with Crippen molar-refractivity contribution in [2.45, 2.75) is 31.7 Å². The Morgan fingerprint density at radius 3 is 2.25 bits per heavy atom. The average Bonchev–Trinajstić information content (AvgIpc) is 3.91. The number of hydrogen-bond acceptors (Lipinski definition) is 6. The third-order valence-corrected chi connectivity index (χ3v) is 7.76. The van der Waals surface area contributed by atoms with Crippen molar-refractivity contribution in [3.63, 3.8) is 0 Å². The van der Waals surface area contributed by atoms with Crippen molar-refractivity contribution < 1.29 is 23.9 Å². The van der Waals surface area contributed by atoms with Crippen molar-refractivity contribution in [1.29, 1.82) is 0 Å². The first kappa shape index (κ1) is 30.8. The molecule has 1 amide bonds. The highest BCUT2D eigenvalue weighted by Crippen LogP contribution is 2.33. The Bertz CT molecular complexity index is 1570. The van der Waals surface area contributed by atoms with Crippen LogP contribution in [0.25, 0.3) is 0 Å². The molecule has 4 aromatic carbocycles. The minimum atomic E-state index is -0.709. The molecule has 44 heavy (non-hydrogen) atoms. The number of amides is 1. The summed E-state index contributed by atoms with van der Waals surface area (Å²) in [6.45, 7) is 0.996. The number of halogens is 1. The zero-order chi connectivity index (χ0) is 30.9. The first-order valence-corrected chi connectivity index (χ1v) is 15.1. The molecule has 7 nitrogen and oxygen atoms in total. The lowest BCUT2D eigenvalue weighted by molar-refractivity contribution is -0.141. The Morgan fingerprint density at radius 2 is 1.57 bits per heavy atom. The van der Waals surface area contributed by atoms with Gasteiger partial charge in [0, 0.05) is 46.4 Å². The SMILES string of the molecule is COC(=O)[C@H](Cc1ccc(OCCCN(C(=O)C2CC2)c2ccc(Cl)cc2)cc1)Nc1ccccc1C(=O)c1ccccc1. The Morgan fingerprint density at radius 1 is 0.886 bits per heavy atom. The Labute approximate surface area is 262 Å². The minimum Gasteiger partial charge on any atom is -0.494 e. The van der Waals surface area contributed by atoms with E-state index in [9.17, 15) is 14.4 Å². The number of esters is 1. The van der Waals surface area contributed by atoms with Crippen LogP contribution in [0.4, 0.5) is 11.4 Å². The van der Waals surface area contributed by atoms with E-state index in [1.165, 1.54) is 7.11 Å². The standard InChI is InChI=1S/C36H35ClN2O5/c1-43-36(42)33(38-32-11-6-5-10-31(32)34(40)26-8-3-2-4-9-26)24-25-12-20-30(21-13-25)44-23-7-22-39(35(41)27-14-15-27)29-18-16-28(37)17-19-29/h2-6,8-13,16-21,27,33,38H,7,14-15,22-24H2,1H3/t33-/m0/s1. The molecule has 0 aromatic heterocycles. The number of benzene rings is 4. The van der Waals surface area contributed by atoms with Crippen LogP contribution in [-0.4, -0.2) is 44.0 Å². The Kier molecular flexibility index (Phi) is 10.3. The predicted octanol–water partition coefficient (Wildman–Crippen LogP) is 6.98. The first-order chi connectivity index (χ1) is 21.4. The van der Waals surface area contributed by atoms with Gasteiger partial charge in [-0.3, -0.25) is 9.59 Å². The van der Waals surface area contributed by atoms with Crippen molar-refractivity contribution in [3.8, 4) is 5.75 Å². The molecule has 0 spiro atoms. The highest BCUT2D eigenvalue weighted by Gasteiger charge is 2.34. The number of ketones is 1. The van der Waals surface area contributed by atoms with E-state index in [1.54, 1.807) is 42.5 Å². The van der Waals surface area contributed by atoms with Crippen LogP contribution in [0, 0.1) is 5.92 Å². The van der Waals surface area contributed by atoms with Gasteiger partial charge in [0.05, 0.1) is 13.7 Å². The number of methoxy groups -OCH3 is 1. The fraction of sp³-hybridized carbons (Fsp3) is 0.250. The Balaban J connectivity index is 1.18. The smallest absolute Gasteiger partial charge is 0.328 e. The van der Waals surface area contributed by atoms with Crippen LogP contribution in [-0.2, 0) is 20.7 Å². The number of hydrogen-bond donors (Lipinski definition) is 1. The van der Waals surface area contributed by atoms with Crippen molar-refractivity contribution in [2.75, 3.05) is 30.5 Å². The van der Waals surface area contributed by atoms with E-state index in [1.807, 2.05) is 65.6 Å². The van der Waals surface area contributed by atoms with Gasteiger partial charge in [0.25, 0.3) is 0 Å². The van der Waals surface area contributed by atoms with Crippen LogP contribution in [0.1, 0.15) is 40.7 Å². The van der Waals surface area contributed by atoms with Crippen molar-refractivity contribution in [1.82, 2.24) is 0 Å².